The zero-order valence-electron chi connectivity index (χ0n) is 17.4. The molecule has 0 fully saturated rings. The molecule has 0 N–H and O–H groups in total. The van der Waals surface area contributed by atoms with Gasteiger partial charge in [0.05, 0.1) is 0 Å². The third-order valence-electron chi connectivity index (χ3n) is 3.99. The van der Waals surface area contributed by atoms with Crippen LogP contribution < -0.4 is 22.6 Å². The van der Waals surface area contributed by atoms with Gasteiger partial charge < -0.3 is 32.2 Å². The number of rotatable bonds is 12. The van der Waals surface area contributed by atoms with Crippen LogP contribution in [0.4, 0.5) is 0 Å². The smallest absolute Gasteiger partial charge is 1.00 e. The standard InChI is InChI=1S/2C8H16O2.C4H9.ClH.Sn/c2*1-3-5-6-7(4-2)8(9)10;1-3-4-2;;/h2*7H,3-6H2,1-2H3,(H,9,10);1,3-4H2,2H3;1H;/q;;;;+3/p-3. The number of aliphatic carboxylic acids is 2. The van der Waals surface area contributed by atoms with E-state index in [2.05, 4.69) is 20.8 Å². The van der Waals surface area contributed by atoms with Crippen molar-refractivity contribution in [2.24, 2.45) is 11.8 Å². The molecule has 0 spiro atoms. The van der Waals surface area contributed by atoms with E-state index in [1.807, 2.05) is 13.8 Å². The molecule has 0 aliphatic carbocycles. The van der Waals surface area contributed by atoms with Gasteiger partial charge in [-0.25, -0.2) is 0 Å². The van der Waals surface area contributed by atoms with Crippen LogP contribution in [0.15, 0.2) is 0 Å². The van der Waals surface area contributed by atoms with E-state index < -0.39 is 11.9 Å². The first kappa shape index (κ1) is 33.6. The fourth-order valence-corrected chi connectivity index (χ4v) is 3.06. The van der Waals surface area contributed by atoms with Crippen LogP contribution in [-0.4, -0.2) is 34.5 Å². The molecule has 0 radical (unpaired) electrons. The van der Waals surface area contributed by atoms with E-state index in [-0.39, 0.29) is 24.2 Å². The van der Waals surface area contributed by atoms with E-state index in [1.54, 1.807) is 22.5 Å². The number of hydrogen-bond donors (Lipinski definition) is 0. The summed E-state index contributed by atoms with van der Waals surface area (Å²) in [6.07, 6.45) is 9.84. The van der Waals surface area contributed by atoms with Crippen LogP contribution in [0, 0.1) is 11.8 Å². The summed E-state index contributed by atoms with van der Waals surface area (Å²) in [7, 11) is 0. The van der Waals surface area contributed by atoms with E-state index in [0.717, 1.165) is 38.5 Å². The Morgan fingerprint density at radius 1 is 0.731 bits per heavy atom. The largest absolute Gasteiger partial charge is 1.00 e. The third-order valence-corrected chi connectivity index (χ3v) is 5.00. The van der Waals surface area contributed by atoms with E-state index >= 15 is 0 Å². The summed E-state index contributed by atoms with van der Waals surface area (Å²) in [5, 5.41) is 20.7. The molecule has 0 aromatic rings. The fourth-order valence-electron chi connectivity index (χ4n) is 2.06. The SMILES string of the molecule is CCCCC(CC)C(=O)[O-].CCCCC(CC)C(=O)[O-].CCC[CH2][Sn+3].[Cl-]. The maximum absolute atomic E-state index is 10.3. The molecule has 4 nitrogen and oxygen atoms in total. The number of halogens is 1. The Morgan fingerprint density at radius 2 is 1.04 bits per heavy atom. The average Bonchev–Trinajstić information content (AvgIpc) is 2.57. The molecule has 0 bridgehead atoms. The maximum atomic E-state index is 10.3. The van der Waals surface area contributed by atoms with Crippen molar-refractivity contribution in [2.45, 2.75) is 103 Å². The molecule has 0 aliphatic rings. The Kier molecular flexibility index (Phi) is 35.2. The van der Waals surface area contributed by atoms with Crippen LogP contribution in [0.2, 0.25) is 4.44 Å². The molecule has 154 valence electrons. The van der Waals surface area contributed by atoms with Crippen LogP contribution in [-0.2, 0) is 9.59 Å². The van der Waals surface area contributed by atoms with Crippen LogP contribution in [0.3, 0.4) is 0 Å². The predicted octanol–water partition coefficient (Wildman–Crippen LogP) is 0.283. The minimum absolute atomic E-state index is 0. The number of unbranched alkanes of at least 4 members (excludes halogenated alkanes) is 3. The van der Waals surface area contributed by atoms with Gasteiger partial charge >= 0.3 is 46.7 Å². The summed E-state index contributed by atoms with van der Waals surface area (Å²) < 4.78 is 1.43. The Bertz CT molecular complexity index is 274. The van der Waals surface area contributed by atoms with Crippen molar-refractivity contribution in [1.82, 2.24) is 0 Å². The van der Waals surface area contributed by atoms with Crippen LogP contribution in [0.5, 0.6) is 0 Å². The summed E-state index contributed by atoms with van der Waals surface area (Å²) in [5.41, 5.74) is 0. The number of carbonyl (C=O) groups is 2. The molecule has 0 rings (SSSR count). The molecule has 0 heterocycles. The number of carboxylic acids is 2. The van der Waals surface area contributed by atoms with Crippen molar-refractivity contribution in [1.29, 1.82) is 0 Å². The molecular weight excluding hydrogens is 458 g/mol. The summed E-state index contributed by atoms with van der Waals surface area (Å²) in [6.45, 7) is 10.1. The van der Waals surface area contributed by atoms with Gasteiger partial charge in [-0.2, -0.15) is 0 Å². The Labute approximate surface area is 181 Å². The average molecular weight is 498 g/mol. The molecule has 0 saturated heterocycles. The number of hydrogen-bond acceptors (Lipinski definition) is 4. The van der Waals surface area contributed by atoms with Crippen molar-refractivity contribution < 1.29 is 32.2 Å². The monoisotopic (exact) mass is 498 g/mol. The number of carbonyl (C=O) groups excluding carboxylic acids is 2. The van der Waals surface area contributed by atoms with Gasteiger partial charge in [-0.05, 0) is 37.5 Å². The van der Waals surface area contributed by atoms with Crippen molar-refractivity contribution in [2.75, 3.05) is 0 Å². The number of carboxylic acid groups (broad SMARTS) is 2. The fraction of sp³-hybridized carbons (Fsp3) is 0.900. The predicted molar refractivity (Wildman–Crippen MR) is 102 cm³/mol. The van der Waals surface area contributed by atoms with Crippen molar-refractivity contribution in [3.63, 3.8) is 0 Å². The van der Waals surface area contributed by atoms with Gasteiger partial charge in [0.25, 0.3) is 0 Å². The molecule has 0 aromatic heterocycles. The Balaban J connectivity index is -0.000000145. The summed E-state index contributed by atoms with van der Waals surface area (Å²) in [4.78, 5) is 20.7. The second-order valence-electron chi connectivity index (χ2n) is 6.24. The van der Waals surface area contributed by atoms with Gasteiger partial charge in [0.2, 0.25) is 0 Å². The molecule has 2 unspecified atom stereocenters. The van der Waals surface area contributed by atoms with Crippen LogP contribution in [0.25, 0.3) is 0 Å². The van der Waals surface area contributed by atoms with Gasteiger partial charge in [-0.3, -0.25) is 0 Å². The van der Waals surface area contributed by atoms with Gasteiger partial charge in [0.1, 0.15) is 0 Å². The molecule has 6 heteroatoms. The third kappa shape index (κ3) is 26.3. The van der Waals surface area contributed by atoms with Gasteiger partial charge in [0.15, 0.2) is 0 Å². The summed E-state index contributed by atoms with van der Waals surface area (Å²) in [6, 6.07) is 0. The maximum Gasteiger partial charge on any atom is -1.00 e. The zero-order valence-corrected chi connectivity index (χ0v) is 21.1. The normalized spacial score (nSPS) is 11.7. The molecule has 0 aromatic carbocycles. The molecule has 26 heavy (non-hydrogen) atoms. The minimum atomic E-state index is -0.893. The summed E-state index contributed by atoms with van der Waals surface area (Å²) in [5.74, 6) is -2.23. The second-order valence-corrected chi connectivity index (χ2v) is 7.66. The first-order valence-corrected chi connectivity index (χ1v) is 11.9. The van der Waals surface area contributed by atoms with E-state index in [4.69, 9.17) is 0 Å². The van der Waals surface area contributed by atoms with Gasteiger partial charge in [-0.1, -0.05) is 53.4 Å². The van der Waals surface area contributed by atoms with Crippen LogP contribution in [0.1, 0.15) is 98.8 Å². The zero-order chi connectivity index (χ0) is 20.1. The quantitative estimate of drug-likeness (QED) is 0.363. The van der Waals surface area contributed by atoms with Crippen molar-refractivity contribution in [3.05, 3.63) is 0 Å². The Morgan fingerprint density at radius 3 is 1.15 bits per heavy atom. The van der Waals surface area contributed by atoms with Crippen molar-refractivity contribution >= 4 is 34.5 Å². The topological polar surface area (TPSA) is 80.3 Å². The van der Waals surface area contributed by atoms with E-state index in [0.29, 0.717) is 12.8 Å². The molecular formula is C20H39ClO4Sn. The van der Waals surface area contributed by atoms with Crippen LogP contribution >= 0.6 is 0 Å². The summed E-state index contributed by atoms with van der Waals surface area (Å²) >= 11 is 1.68. The minimum Gasteiger partial charge on any atom is -1.00 e. The van der Waals surface area contributed by atoms with E-state index in [9.17, 15) is 19.8 Å². The molecule has 0 aliphatic heterocycles. The second kappa shape index (κ2) is 27.2. The van der Waals surface area contributed by atoms with Gasteiger partial charge in [-0.15, -0.1) is 0 Å². The first-order chi connectivity index (χ1) is 11.9. The molecule has 2 atom stereocenters. The van der Waals surface area contributed by atoms with Crippen molar-refractivity contribution in [3.8, 4) is 0 Å². The Hall–Kier alpha value is 0.0287. The van der Waals surface area contributed by atoms with Gasteiger partial charge in [0, 0.05) is 11.9 Å². The molecule has 0 amide bonds. The molecule has 0 saturated carbocycles. The van der Waals surface area contributed by atoms with E-state index in [1.165, 1.54) is 17.3 Å². The first-order valence-electron chi connectivity index (χ1n) is 9.92.